The number of carbonyl (C=O) groups is 1. The second-order valence-corrected chi connectivity index (χ2v) is 8.66. The molecule has 3 heterocycles. The third-order valence-electron chi connectivity index (χ3n) is 4.24. The number of nitrogens with one attached hydrogen (secondary N) is 1. The van der Waals surface area contributed by atoms with E-state index in [1.54, 1.807) is 29.9 Å². The summed E-state index contributed by atoms with van der Waals surface area (Å²) in [7, 11) is 1.80. The molecule has 1 amide bonds. The fourth-order valence-corrected chi connectivity index (χ4v) is 4.66. The molecule has 0 saturated carbocycles. The van der Waals surface area contributed by atoms with E-state index in [2.05, 4.69) is 25.6 Å². The van der Waals surface area contributed by atoms with E-state index in [-0.39, 0.29) is 11.7 Å². The number of hydrogen-bond donors (Lipinski definition) is 1. The molecule has 0 aliphatic rings. The summed E-state index contributed by atoms with van der Waals surface area (Å²) in [6, 6.07) is 8.08. The molecule has 148 valence electrons. The molecule has 3 aromatic heterocycles. The summed E-state index contributed by atoms with van der Waals surface area (Å²) < 4.78 is 15.4. The van der Waals surface area contributed by atoms with Gasteiger partial charge in [-0.3, -0.25) is 14.8 Å². The number of thioether (sulfide) groups is 1. The molecule has 10 heteroatoms. The van der Waals surface area contributed by atoms with Gasteiger partial charge in [-0.25, -0.2) is 9.37 Å². The second kappa shape index (κ2) is 7.88. The Bertz CT molecular complexity index is 1200. The summed E-state index contributed by atoms with van der Waals surface area (Å²) in [6.07, 6.45) is 0. The zero-order valence-corrected chi connectivity index (χ0v) is 17.6. The van der Waals surface area contributed by atoms with Crippen LogP contribution in [0.2, 0.25) is 0 Å². The maximum atomic E-state index is 13.0. The maximum absolute atomic E-state index is 13.0. The molecule has 4 aromatic rings. The van der Waals surface area contributed by atoms with Crippen LogP contribution in [0.4, 0.5) is 9.52 Å². The predicted molar refractivity (Wildman–Crippen MR) is 112 cm³/mol. The average molecular weight is 429 g/mol. The lowest BCUT2D eigenvalue weighted by Crippen LogP contribution is -2.13. The minimum absolute atomic E-state index is 0.260. The molecule has 0 spiro atoms. The van der Waals surface area contributed by atoms with Crippen LogP contribution in [0.3, 0.4) is 0 Å². The number of amides is 1. The minimum atomic E-state index is -0.275. The number of aromatic nitrogens is 5. The highest BCUT2D eigenvalue weighted by Gasteiger charge is 2.19. The third kappa shape index (κ3) is 4.13. The van der Waals surface area contributed by atoms with Gasteiger partial charge >= 0.3 is 0 Å². The number of pyridine rings is 1. The molecule has 29 heavy (non-hydrogen) atoms. The van der Waals surface area contributed by atoms with Crippen LogP contribution in [0.5, 0.6) is 0 Å². The summed E-state index contributed by atoms with van der Waals surface area (Å²) in [5, 5.41) is 16.5. The molecule has 0 aliphatic carbocycles. The number of benzene rings is 1. The van der Waals surface area contributed by atoms with Crippen molar-refractivity contribution in [1.82, 2.24) is 25.0 Å². The van der Waals surface area contributed by atoms with E-state index in [9.17, 15) is 9.18 Å². The van der Waals surface area contributed by atoms with Gasteiger partial charge < -0.3 is 0 Å². The molecule has 0 bridgehead atoms. The Labute approximate surface area is 174 Å². The number of nitrogens with zero attached hydrogens (tertiary/aromatic N) is 5. The van der Waals surface area contributed by atoms with Crippen LogP contribution in [0, 0.1) is 19.7 Å². The van der Waals surface area contributed by atoms with Gasteiger partial charge in [0.2, 0.25) is 5.13 Å². The molecule has 0 aliphatic heterocycles. The van der Waals surface area contributed by atoms with Gasteiger partial charge in [0.1, 0.15) is 5.82 Å². The van der Waals surface area contributed by atoms with Gasteiger partial charge in [-0.15, -0.1) is 10.2 Å². The molecule has 0 saturated heterocycles. The molecular formula is C19H17FN6OS2. The van der Waals surface area contributed by atoms with Crippen LogP contribution in [0.25, 0.3) is 11.0 Å². The Hall–Kier alpha value is -2.85. The lowest BCUT2D eigenvalue weighted by molar-refractivity contribution is 0.102. The van der Waals surface area contributed by atoms with Gasteiger partial charge in [-0.2, -0.15) is 5.10 Å². The lowest BCUT2D eigenvalue weighted by atomic mass is 10.1. The Balaban J connectivity index is 1.50. The number of rotatable bonds is 5. The lowest BCUT2D eigenvalue weighted by Gasteiger charge is -2.05. The number of carbonyl (C=O) groups excluding carboxylic acids is 1. The highest BCUT2D eigenvalue weighted by molar-refractivity contribution is 8.00. The van der Waals surface area contributed by atoms with Crippen LogP contribution in [0.1, 0.15) is 27.3 Å². The first-order chi connectivity index (χ1) is 13.9. The van der Waals surface area contributed by atoms with Crippen molar-refractivity contribution in [3.05, 3.63) is 58.7 Å². The van der Waals surface area contributed by atoms with Gasteiger partial charge in [0.05, 0.1) is 16.6 Å². The van der Waals surface area contributed by atoms with Crippen molar-refractivity contribution in [2.24, 2.45) is 7.05 Å². The average Bonchev–Trinajstić information content (AvgIpc) is 3.24. The molecule has 0 unspecified atom stereocenters. The van der Waals surface area contributed by atoms with Crippen LogP contribution in [-0.4, -0.2) is 30.9 Å². The summed E-state index contributed by atoms with van der Waals surface area (Å²) in [5.41, 5.74) is 3.64. The zero-order valence-electron chi connectivity index (χ0n) is 15.9. The fourth-order valence-electron chi connectivity index (χ4n) is 2.96. The molecule has 1 N–H and O–H groups in total. The fraction of sp³-hybridized carbons (Fsp3) is 0.211. The van der Waals surface area contributed by atoms with Gasteiger partial charge in [-0.1, -0.05) is 35.2 Å². The number of anilines is 1. The molecule has 0 atom stereocenters. The Kier molecular flexibility index (Phi) is 5.29. The van der Waals surface area contributed by atoms with Gasteiger partial charge in [0.15, 0.2) is 9.99 Å². The van der Waals surface area contributed by atoms with Crippen LogP contribution in [0.15, 0.2) is 34.7 Å². The Morgan fingerprint density at radius 2 is 2.00 bits per heavy atom. The first kappa shape index (κ1) is 19.5. The Morgan fingerprint density at radius 1 is 1.24 bits per heavy atom. The highest BCUT2D eigenvalue weighted by atomic mass is 32.2. The van der Waals surface area contributed by atoms with Crippen molar-refractivity contribution in [1.29, 1.82) is 0 Å². The van der Waals surface area contributed by atoms with E-state index in [0.29, 0.717) is 22.1 Å². The van der Waals surface area contributed by atoms with Crippen molar-refractivity contribution in [2.45, 2.75) is 23.9 Å². The number of hydrogen-bond acceptors (Lipinski definition) is 7. The van der Waals surface area contributed by atoms with Gasteiger partial charge in [-0.05, 0) is 37.6 Å². The van der Waals surface area contributed by atoms with Crippen molar-refractivity contribution in [3.8, 4) is 0 Å². The molecule has 4 rings (SSSR count). The normalized spacial score (nSPS) is 11.2. The molecular weight excluding hydrogens is 411 g/mol. The van der Waals surface area contributed by atoms with Crippen molar-refractivity contribution < 1.29 is 9.18 Å². The van der Waals surface area contributed by atoms with E-state index in [0.717, 1.165) is 26.7 Å². The standard InChI is InChI=1S/C19H17FN6OS2/c1-10-8-14(15-11(2)25-26(3)16(15)21-10)17(27)22-18-23-24-19(29-18)28-9-12-4-6-13(20)7-5-12/h4-8H,9H2,1-3H3,(H,22,23,27). The summed E-state index contributed by atoms with van der Waals surface area (Å²) in [4.78, 5) is 17.4. The van der Waals surface area contributed by atoms with Crippen LogP contribution in [-0.2, 0) is 12.8 Å². The first-order valence-corrected chi connectivity index (χ1v) is 10.5. The monoisotopic (exact) mass is 428 g/mol. The minimum Gasteiger partial charge on any atom is -0.296 e. The number of halogens is 1. The quantitative estimate of drug-likeness (QED) is 0.380. The van der Waals surface area contributed by atoms with E-state index in [1.165, 1.54) is 35.2 Å². The predicted octanol–water partition coefficient (Wildman–Crippen LogP) is 4.12. The zero-order chi connectivity index (χ0) is 20.5. The highest BCUT2D eigenvalue weighted by Crippen LogP contribution is 2.29. The van der Waals surface area contributed by atoms with E-state index < -0.39 is 0 Å². The smallest absolute Gasteiger partial charge is 0.258 e. The SMILES string of the molecule is Cc1cc(C(=O)Nc2nnc(SCc3ccc(F)cc3)s2)c2c(C)nn(C)c2n1. The Morgan fingerprint density at radius 3 is 2.76 bits per heavy atom. The van der Waals surface area contributed by atoms with Crippen molar-refractivity contribution in [2.75, 3.05) is 5.32 Å². The molecule has 7 nitrogen and oxygen atoms in total. The summed E-state index contributed by atoms with van der Waals surface area (Å²) >= 11 is 2.78. The molecule has 1 aromatic carbocycles. The summed E-state index contributed by atoms with van der Waals surface area (Å²) in [6.45, 7) is 3.69. The van der Waals surface area contributed by atoms with E-state index in [1.807, 2.05) is 13.8 Å². The summed E-state index contributed by atoms with van der Waals surface area (Å²) in [5.74, 6) is 0.105. The van der Waals surface area contributed by atoms with Gasteiger partial charge in [0.25, 0.3) is 5.91 Å². The van der Waals surface area contributed by atoms with Gasteiger partial charge in [0, 0.05) is 18.5 Å². The third-order valence-corrected chi connectivity index (χ3v) is 6.29. The van der Waals surface area contributed by atoms with Crippen LogP contribution >= 0.6 is 23.1 Å². The largest absolute Gasteiger partial charge is 0.296 e. The van der Waals surface area contributed by atoms with E-state index in [4.69, 9.17) is 0 Å². The topological polar surface area (TPSA) is 85.6 Å². The first-order valence-electron chi connectivity index (χ1n) is 8.74. The second-order valence-electron chi connectivity index (χ2n) is 6.46. The maximum Gasteiger partial charge on any atom is 0.258 e. The van der Waals surface area contributed by atoms with E-state index >= 15 is 0 Å². The molecule has 0 fully saturated rings. The van der Waals surface area contributed by atoms with Crippen molar-refractivity contribution >= 4 is 45.2 Å². The number of aryl methyl sites for hydroxylation is 3. The van der Waals surface area contributed by atoms with Crippen LogP contribution < -0.4 is 5.32 Å². The van der Waals surface area contributed by atoms with Crippen molar-refractivity contribution in [3.63, 3.8) is 0 Å². The molecule has 0 radical (unpaired) electrons. The number of fused-ring (bicyclic) bond motifs is 1.